The average molecular weight is 475 g/mol. The maximum atomic E-state index is 12.4. The molecule has 0 aliphatic carbocycles. The highest BCUT2D eigenvalue weighted by atomic mass is 35.5. The van der Waals surface area contributed by atoms with Crippen LogP contribution >= 0.6 is 24.8 Å². The Morgan fingerprint density at radius 3 is 1.70 bits per heavy atom. The lowest BCUT2D eigenvalue weighted by molar-refractivity contribution is -0.274. The number of hydrogen-bond donors (Lipinski definition) is 1. The van der Waals surface area contributed by atoms with Gasteiger partial charge in [0.2, 0.25) is 0 Å². The van der Waals surface area contributed by atoms with Crippen LogP contribution < -0.4 is 14.8 Å². The molecular weight excluding hydrogens is 454 g/mol. The zero-order valence-corrected chi connectivity index (χ0v) is 17.2. The number of nitrogens with one attached hydrogen (secondary N) is 1. The molecule has 0 radical (unpaired) electrons. The first-order valence-corrected chi connectivity index (χ1v) is 8.67. The Balaban J connectivity index is 0.00000225. The molecule has 0 unspecified atom stereocenters. The fourth-order valence-corrected chi connectivity index (χ4v) is 3.24. The Bertz CT molecular complexity index is 755. The lowest BCUT2D eigenvalue weighted by Gasteiger charge is -2.35. The van der Waals surface area contributed by atoms with Gasteiger partial charge in [-0.1, -0.05) is 24.3 Å². The van der Waals surface area contributed by atoms with Crippen molar-refractivity contribution in [3.05, 3.63) is 59.7 Å². The third kappa shape index (κ3) is 7.46. The van der Waals surface area contributed by atoms with Gasteiger partial charge in [-0.3, -0.25) is 4.90 Å². The van der Waals surface area contributed by atoms with Crippen LogP contribution in [0.1, 0.15) is 17.2 Å². The van der Waals surface area contributed by atoms with E-state index in [0.29, 0.717) is 0 Å². The molecule has 0 saturated carbocycles. The second kappa shape index (κ2) is 11.5. The second-order valence-electron chi connectivity index (χ2n) is 6.25. The Labute approximate surface area is 183 Å². The molecule has 1 saturated heterocycles. The van der Waals surface area contributed by atoms with Crippen molar-refractivity contribution < 1.29 is 31.4 Å². The van der Waals surface area contributed by atoms with Crippen LogP contribution in [0.3, 0.4) is 0 Å². The second-order valence-corrected chi connectivity index (χ2v) is 6.25. The van der Waals surface area contributed by atoms with E-state index in [1.165, 1.54) is 24.3 Å². The van der Waals surface area contributed by atoms with Crippen LogP contribution in [0, 0.1) is 0 Å². The summed E-state index contributed by atoms with van der Waals surface area (Å²) in [5, 5.41) is 3.25. The average Bonchev–Trinajstić information content (AvgIpc) is 2.64. The molecule has 0 bridgehead atoms. The Morgan fingerprint density at radius 1 is 0.800 bits per heavy atom. The molecule has 2 aromatic rings. The summed E-state index contributed by atoms with van der Waals surface area (Å²) < 4.78 is 70.2. The minimum absolute atomic E-state index is 0. The summed E-state index contributed by atoms with van der Waals surface area (Å²) in [4.78, 5) is 2.18. The predicted molar refractivity (Wildman–Crippen MR) is 107 cm³/mol. The molecule has 30 heavy (non-hydrogen) atoms. The normalized spacial score (nSPS) is 15.7. The van der Waals surface area contributed by atoms with Crippen LogP contribution in [0.15, 0.2) is 48.5 Å². The van der Waals surface area contributed by atoms with Gasteiger partial charge in [0.1, 0.15) is 11.5 Å². The summed E-state index contributed by atoms with van der Waals surface area (Å²) in [7, 11) is 0. The molecule has 0 spiro atoms. The van der Waals surface area contributed by atoms with Gasteiger partial charge in [-0.2, -0.15) is 8.78 Å². The summed E-state index contributed by atoms with van der Waals surface area (Å²) in [5.41, 5.74) is 1.60. The molecule has 0 aromatic heterocycles. The molecule has 11 heteroatoms. The molecule has 1 aliphatic rings. The van der Waals surface area contributed by atoms with Crippen molar-refractivity contribution in [1.82, 2.24) is 10.2 Å². The third-order valence-corrected chi connectivity index (χ3v) is 4.37. The smallest absolute Gasteiger partial charge is 0.435 e. The summed E-state index contributed by atoms with van der Waals surface area (Å²) >= 11 is 0. The van der Waals surface area contributed by atoms with Crippen LogP contribution in [-0.2, 0) is 0 Å². The molecule has 0 amide bonds. The highest BCUT2D eigenvalue weighted by Crippen LogP contribution is 2.32. The van der Waals surface area contributed by atoms with E-state index in [0.717, 1.165) is 37.3 Å². The topological polar surface area (TPSA) is 33.7 Å². The Hall–Kier alpha value is -1.81. The third-order valence-electron chi connectivity index (χ3n) is 4.37. The molecule has 2 aromatic carbocycles. The van der Waals surface area contributed by atoms with Crippen LogP contribution in [-0.4, -0.2) is 44.1 Å². The minimum Gasteiger partial charge on any atom is -0.435 e. The van der Waals surface area contributed by atoms with E-state index in [4.69, 9.17) is 0 Å². The van der Waals surface area contributed by atoms with E-state index in [1.54, 1.807) is 24.3 Å². The van der Waals surface area contributed by atoms with E-state index in [-0.39, 0.29) is 42.4 Å². The molecule has 1 atom stereocenters. The van der Waals surface area contributed by atoms with Gasteiger partial charge in [0.05, 0.1) is 6.04 Å². The highest BCUT2D eigenvalue weighted by molar-refractivity contribution is 5.85. The number of alkyl halides is 5. The molecule has 4 nitrogen and oxygen atoms in total. The molecular formula is C19H21Cl2F5N2O2. The zero-order chi connectivity index (χ0) is 20.1. The van der Waals surface area contributed by atoms with Gasteiger partial charge in [0, 0.05) is 26.2 Å². The number of rotatable bonds is 6. The van der Waals surface area contributed by atoms with E-state index < -0.39 is 13.0 Å². The standard InChI is InChI=1S/C19H19F5N2O2.2ClH/c20-18(21)27-15-5-1-13(2-6-15)17(26-11-9-25-10-12-26)14-3-7-16(8-4-14)28-19(22,23)24;;/h1-8,17-18,25H,9-12H2;2*1H/t17-;;/m0../s1. The zero-order valence-electron chi connectivity index (χ0n) is 15.6. The van der Waals surface area contributed by atoms with E-state index in [1.807, 2.05) is 0 Å². The molecule has 3 rings (SSSR count). The van der Waals surface area contributed by atoms with Gasteiger partial charge in [-0.05, 0) is 35.4 Å². The van der Waals surface area contributed by atoms with Gasteiger partial charge in [-0.25, -0.2) is 0 Å². The number of nitrogens with zero attached hydrogens (tertiary/aromatic N) is 1. The fourth-order valence-electron chi connectivity index (χ4n) is 3.24. The lowest BCUT2D eigenvalue weighted by Crippen LogP contribution is -2.45. The Kier molecular flexibility index (Phi) is 10.1. The van der Waals surface area contributed by atoms with Crippen molar-refractivity contribution in [2.45, 2.75) is 19.0 Å². The van der Waals surface area contributed by atoms with E-state index in [2.05, 4.69) is 19.7 Å². The number of piperazine rings is 1. The summed E-state index contributed by atoms with van der Waals surface area (Å²) in [6, 6.07) is 11.8. The lowest BCUT2D eigenvalue weighted by atomic mass is 9.96. The number of benzene rings is 2. The maximum absolute atomic E-state index is 12.4. The van der Waals surface area contributed by atoms with E-state index >= 15 is 0 Å². The first kappa shape index (κ1) is 26.2. The summed E-state index contributed by atoms with van der Waals surface area (Å²) in [6.45, 7) is 0.120. The van der Waals surface area contributed by atoms with Crippen LogP contribution in [0.5, 0.6) is 11.5 Å². The monoisotopic (exact) mass is 474 g/mol. The SMILES string of the molecule is Cl.Cl.FC(F)Oc1ccc([C@@H](c2ccc(OC(F)(F)F)cc2)N2CCNCC2)cc1. The van der Waals surface area contributed by atoms with Gasteiger partial charge < -0.3 is 14.8 Å². The first-order chi connectivity index (χ1) is 13.3. The molecule has 1 fully saturated rings. The quantitative estimate of drug-likeness (QED) is 0.595. The number of halogens is 7. The van der Waals surface area contributed by atoms with Crippen LogP contribution in [0.25, 0.3) is 0 Å². The van der Waals surface area contributed by atoms with Crippen molar-refractivity contribution in [3.8, 4) is 11.5 Å². The van der Waals surface area contributed by atoms with Gasteiger partial charge in [0.25, 0.3) is 0 Å². The van der Waals surface area contributed by atoms with Crippen molar-refractivity contribution in [2.24, 2.45) is 0 Å². The summed E-state index contributed by atoms with van der Waals surface area (Å²) in [6.07, 6.45) is -4.75. The predicted octanol–water partition coefficient (Wildman–Crippen LogP) is 5.02. The summed E-state index contributed by atoms with van der Waals surface area (Å²) in [5.74, 6) is -0.247. The van der Waals surface area contributed by atoms with Crippen molar-refractivity contribution in [1.29, 1.82) is 0 Å². The molecule has 168 valence electrons. The largest absolute Gasteiger partial charge is 0.573 e. The van der Waals surface area contributed by atoms with Gasteiger partial charge in [-0.15, -0.1) is 38.0 Å². The van der Waals surface area contributed by atoms with Crippen LogP contribution in [0.4, 0.5) is 22.0 Å². The molecule has 1 heterocycles. The van der Waals surface area contributed by atoms with Crippen molar-refractivity contribution >= 4 is 24.8 Å². The number of hydrogen-bond acceptors (Lipinski definition) is 4. The van der Waals surface area contributed by atoms with E-state index in [9.17, 15) is 22.0 Å². The fraction of sp³-hybridized carbons (Fsp3) is 0.368. The Morgan fingerprint density at radius 2 is 1.27 bits per heavy atom. The van der Waals surface area contributed by atoms with Gasteiger partial charge >= 0.3 is 13.0 Å². The molecule has 1 aliphatic heterocycles. The highest BCUT2D eigenvalue weighted by Gasteiger charge is 2.31. The first-order valence-electron chi connectivity index (χ1n) is 8.67. The molecule has 1 N–H and O–H groups in total. The van der Waals surface area contributed by atoms with Crippen molar-refractivity contribution in [2.75, 3.05) is 26.2 Å². The number of ether oxygens (including phenoxy) is 2. The minimum atomic E-state index is -4.75. The van der Waals surface area contributed by atoms with Gasteiger partial charge in [0.15, 0.2) is 0 Å². The maximum Gasteiger partial charge on any atom is 0.573 e. The van der Waals surface area contributed by atoms with Crippen molar-refractivity contribution in [3.63, 3.8) is 0 Å². The van der Waals surface area contributed by atoms with Crippen LogP contribution in [0.2, 0.25) is 0 Å².